The molecule has 0 bridgehead atoms. The molecule has 142 valence electrons. The van der Waals surface area contributed by atoms with Crippen LogP contribution >= 0.6 is 0 Å². The minimum atomic E-state index is -4.14. The second-order valence-electron chi connectivity index (χ2n) is 7.71. The molecule has 0 radical (unpaired) electrons. The second-order valence-corrected chi connectivity index (χ2v) is 7.71. The summed E-state index contributed by atoms with van der Waals surface area (Å²) in [6.45, 7) is 5.89. The Labute approximate surface area is 144 Å². The molecule has 2 fully saturated rings. The van der Waals surface area contributed by atoms with Gasteiger partial charge in [-0.3, -0.25) is 4.90 Å². The first-order valence-corrected chi connectivity index (χ1v) is 9.39. The summed E-state index contributed by atoms with van der Waals surface area (Å²) in [6, 6.07) is -1.38. The SMILES string of the molecule is COC1CCC(CCCN2CCN(C(C)C)[C@@H](C(F)(F)F)C2)CC1. The number of nitrogens with zero attached hydrogens (tertiary/aromatic N) is 2. The van der Waals surface area contributed by atoms with Crippen LogP contribution in [-0.2, 0) is 4.74 Å². The van der Waals surface area contributed by atoms with Gasteiger partial charge in [-0.15, -0.1) is 0 Å². The summed E-state index contributed by atoms with van der Waals surface area (Å²) in [5.74, 6) is 0.728. The molecule has 1 saturated heterocycles. The van der Waals surface area contributed by atoms with Crippen molar-refractivity contribution in [1.82, 2.24) is 9.80 Å². The molecule has 0 amide bonds. The summed E-state index contributed by atoms with van der Waals surface area (Å²) in [4.78, 5) is 3.61. The van der Waals surface area contributed by atoms with Crippen molar-refractivity contribution in [2.75, 3.05) is 33.3 Å². The molecule has 1 atom stereocenters. The molecular formula is C18H33F3N2O. The molecule has 3 nitrogen and oxygen atoms in total. The zero-order chi connectivity index (χ0) is 17.7. The van der Waals surface area contributed by atoms with Crippen LogP contribution in [0.5, 0.6) is 0 Å². The molecule has 0 spiro atoms. The van der Waals surface area contributed by atoms with Crippen molar-refractivity contribution >= 4 is 0 Å². The Kier molecular flexibility index (Phi) is 7.38. The van der Waals surface area contributed by atoms with Crippen LogP contribution in [0, 0.1) is 5.92 Å². The smallest absolute Gasteiger partial charge is 0.381 e. The maximum absolute atomic E-state index is 13.3. The van der Waals surface area contributed by atoms with Gasteiger partial charge in [0.05, 0.1) is 6.10 Å². The van der Waals surface area contributed by atoms with E-state index in [1.807, 2.05) is 18.7 Å². The minimum absolute atomic E-state index is 0.0604. The van der Waals surface area contributed by atoms with Crippen LogP contribution in [0.15, 0.2) is 0 Å². The summed E-state index contributed by atoms with van der Waals surface area (Å²) in [6.07, 6.45) is 3.08. The summed E-state index contributed by atoms with van der Waals surface area (Å²) in [7, 11) is 1.78. The van der Waals surface area contributed by atoms with Gasteiger partial charge < -0.3 is 9.64 Å². The average Bonchev–Trinajstić information content (AvgIpc) is 2.54. The highest BCUT2D eigenvalue weighted by molar-refractivity contribution is 4.89. The average molecular weight is 350 g/mol. The Morgan fingerprint density at radius 2 is 1.75 bits per heavy atom. The number of rotatable bonds is 6. The van der Waals surface area contributed by atoms with Gasteiger partial charge in [-0.2, -0.15) is 13.2 Å². The number of alkyl halides is 3. The van der Waals surface area contributed by atoms with Crippen LogP contribution in [0.4, 0.5) is 13.2 Å². The lowest BCUT2D eigenvalue weighted by Crippen LogP contribution is -2.60. The second kappa shape index (κ2) is 8.86. The van der Waals surface area contributed by atoms with Crippen molar-refractivity contribution in [2.45, 2.75) is 76.7 Å². The van der Waals surface area contributed by atoms with E-state index in [1.165, 1.54) is 12.8 Å². The summed E-state index contributed by atoms with van der Waals surface area (Å²) < 4.78 is 45.4. The van der Waals surface area contributed by atoms with E-state index in [0.29, 0.717) is 12.6 Å². The van der Waals surface area contributed by atoms with E-state index in [4.69, 9.17) is 4.74 Å². The zero-order valence-corrected chi connectivity index (χ0v) is 15.3. The van der Waals surface area contributed by atoms with E-state index in [9.17, 15) is 13.2 Å². The molecule has 1 aliphatic heterocycles. The normalized spacial score (nSPS) is 30.9. The lowest BCUT2D eigenvalue weighted by molar-refractivity contribution is -0.202. The van der Waals surface area contributed by atoms with Crippen LogP contribution in [0.3, 0.4) is 0 Å². The molecule has 0 aromatic rings. The van der Waals surface area contributed by atoms with Gasteiger partial charge in [0, 0.05) is 32.8 Å². The highest BCUT2D eigenvalue weighted by Gasteiger charge is 2.46. The summed E-state index contributed by atoms with van der Waals surface area (Å²) in [5.41, 5.74) is 0. The number of piperazine rings is 1. The molecule has 1 aliphatic carbocycles. The third-order valence-corrected chi connectivity index (χ3v) is 5.76. The Hall–Kier alpha value is -0.330. The van der Waals surface area contributed by atoms with Gasteiger partial charge in [-0.25, -0.2) is 0 Å². The number of hydrogen-bond acceptors (Lipinski definition) is 3. The molecule has 1 saturated carbocycles. The minimum Gasteiger partial charge on any atom is -0.381 e. The Bertz CT molecular complexity index is 368. The number of methoxy groups -OCH3 is 1. The third kappa shape index (κ3) is 5.60. The van der Waals surface area contributed by atoms with Crippen molar-refractivity contribution in [3.63, 3.8) is 0 Å². The molecule has 2 rings (SSSR count). The van der Waals surface area contributed by atoms with Crippen LogP contribution in [0.25, 0.3) is 0 Å². The van der Waals surface area contributed by atoms with Crippen LogP contribution < -0.4 is 0 Å². The highest BCUT2D eigenvalue weighted by atomic mass is 19.4. The van der Waals surface area contributed by atoms with Gasteiger partial charge in [0.25, 0.3) is 0 Å². The fourth-order valence-electron chi connectivity index (χ4n) is 4.23. The molecule has 24 heavy (non-hydrogen) atoms. The fourth-order valence-corrected chi connectivity index (χ4v) is 4.23. The molecule has 0 N–H and O–H groups in total. The van der Waals surface area contributed by atoms with E-state index < -0.39 is 12.2 Å². The maximum Gasteiger partial charge on any atom is 0.405 e. The van der Waals surface area contributed by atoms with E-state index in [-0.39, 0.29) is 12.6 Å². The zero-order valence-electron chi connectivity index (χ0n) is 15.3. The van der Waals surface area contributed by atoms with E-state index in [0.717, 1.165) is 44.7 Å². The standard InChI is InChI=1S/C18H33F3N2O/c1-14(2)23-12-11-22(13-17(23)18(19,20)21)10-4-5-15-6-8-16(24-3)9-7-15/h14-17H,4-13H2,1-3H3/t15?,16?,17-/m1/s1. The van der Waals surface area contributed by atoms with Crippen molar-refractivity contribution in [3.8, 4) is 0 Å². The first kappa shape index (κ1) is 20.0. The first-order chi connectivity index (χ1) is 11.3. The molecule has 0 aromatic carbocycles. The van der Waals surface area contributed by atoms with Crippen molar-refractivity contribution in [1.29, 1.82) is 0 Å². The van der Waals surface area contributed by atoms with E-state index in [1.54, 1.807) is 12.0 Å². The Balaban J connectivity index is 1.74. The molecule has 1 heterocycles. The largest absolute Gasteiger partial charge is 0.405 e. The van der Waals surface area contributed by atoms with Gasteiger partial charge in [0.2, 0.25) is 0 Å². The third-order valence-electron chi connectivity index (χ3n) is 5.76. The predicted octanol–water partition coefficient (Wildman–Crippen LogP) is 3.93. The van der Waals surface area contributed by atoms with E-state index >= 15 is 0 Å². The van der Waals surface area contributed by atoms with Crippen molar-refractivity contribution < 1.29 is 17.9 Å². The monoisotopic (exact) mass is 350 g/mol. The number of hydrogen-bond donors (Lipinski definition) is 0. The van der Waals surface area contributed by atoms with Gasteiger partial charge in [0.15, 0.2) is 0 Å². The predicted molar refractivity (Wildman–Crippen MR) is 90.1 cm³/mol. The first-order valence-electron chi connectivity index (χ1n) is 9.39. The number of halogens is 3. The van der Waals surface area contributed by atoms with Gasteiger partial charge in [0.1, 0.15) is 6.04 Å². The van der Waals surface area contributed by atoms with E-state index in [2.05, 4.69) is 0 Å². The Morgan fingerprint density at radius 3 is 2.29 bits per heavy atom. The number of ether oxygens (including phenoxy) is 1. The fraction of sp³-hybridized carbons (Fsp3) is 1.00. The quantitative estimate of drug-likeness (QED) is 0.722. The van der Waals surface area contributed by atoms with Crippen LogP contribution in [0.1, 0.15) is 52.4 Å². The highest BCUT2D eigenvalue weighted by Crippen LogP contribution is 2.31. The lowest BCUT2D eigenvalue weighted by atomic mass is 9.84. The topological polar surface area (TPSA) is 15.7 Å². The molecule has 6 heteroatoms. The van der Waals surface area contributed by atoms with Gasteiger partial charge in [-0.05, 0) is 64.8 Å². The molecule has 2 aliphatic rings. The molecule has 0 aromatic heterocycles. The summed E-state index contributed by atoms with van der Waals surface area (Å²) >= 11 is 0. The van der Waals surface area contributed by atoms with Gasteiger partial charge in [-0.1, -0.05) is 0 Å². The van der Waals surface area contributed by atoms with Gasteiger partial charge >= 0.3 is 6.18 Å². The van der Waals surface area contributed by atoms with Crippen molar-refractivity contribution in [2.24, 2.45) is 5.92 Å². The lowest BCUT2D eigenvalue weighted by Gasteiger charge is -2.44. The van der Waals surface area contributed by atoms with Crippen molar-refractivity contribution in [3.05, 3.63) is 0 Å². The Morgan fingerprint density at radius 1 is 1.08 bits per heavy atom. The molecular weight excluding hydrogens is 317 g/mol. The molecule has 0 unspecified atom stereocenters. The van der Waals surface area contributed by atoms with Crippen LogP contribution in [0.2, 0.25) is 0 Å². The summed E-state index contributed by atoms with van der Waals surface area (Å²) in [5, 5.41) is 0. The van der Waals surface area contributed by atoms with Crippen LogP contribution in [-0.4, -0.2) is 67.5 Å². The maximum atomic E-state index is 13.3.